The van der Waals surface area contributed by atoms with Crippen LogP contribution in [0.25, 0.3) is 0 Å². The van der Waals surface area contributed by atoms with Gasteiger partial charge in [0.15, 0.2) is 5.84 Å². The maximum absolute atomic E-state index is 9.80. The molecule has 0 amide bonds. The minimum atomic E-state index is 0.111. The van der Waals surface area contributed by atoms with Crippen LogP contribution in [0.4, 0.5) is 0 Å². The van der Waals surface area contributed by atoms with E-state index in [-0.39, 0.29) is 6.04 Å². The molecule has 0 radical (unpaired) electrons. The predicted molar refractivity (Wildman–Crippen MR) is 112 cm³/mol. The fraction of sp³-hybridized carbons (Fsp3) is 0.455. The highest BCUT2D eigenvalue weighted by molar-refractivity contribution is 6.00. The molecular formula is C22H31N3O3. The van der Waals surface area contributed by atoms with Gasteiger partial charge >= 0.3 is 0 Å². The van der Waals surface area contributed by atoms with Gasteiger partial charge < -0.3 is 19.6 Å². The Balaban J connectivity index is 2.44. The third-order valence-corrected chi connectivity index (χ3v) is 4.51. The summed E-state index contributed by atoms with van der Waals surface area (Å²) in [7, 11) is 1.65. The fourth-order valence-electron chi connectivity index (χ4n) is 2.89. The van der Waals surface area contributed by atoms with Crippen molar-refractivity contribution in [3.63, 3.8) is 0 Å². The third kappa shape index (κ3) is 5.45. The summed E-state index contributed by atoms with van der Waals surface area (Å²) in [6.45, 7) is 11.4. The van der Waals surface area contributed by atoms with Crippen molar-refractivity contribution in [3.8, 4) is 11.6 Å². The van der Waals surface area contributed by atoms with Crippen molar-refractivity contribution in [3.05, 3.63) is 53.2 Å². The summed E-state index contributed by atoms with van der Waals surface area (Å²) in [4.78, 5) is 6.53. The van der Waals surface area contributed by atoms with Gasteiger partial charge in [-0.3, -0.25) is 0 Å². The van der Waals surface area contributed by atoms with Crippen LogP contribution < -0.4 is 4.74 Å². The van der Waals surface area contributed by atoms with Crippen molar-refractivity contribution >= 4 is 5.84 Å². The van der Waals surface area contributed by atoms with Crippen LogP contribution >= 0.6 is 0 Å². The second kappa shape index (κ2) is 10.1. The van der Waals surface area contributed by atoms with E-state index in [2.05, 4.69) is 30.1 Å². The SMILES string of the molecule is COCCN(/C(=N\O)c1ccc(C)nc1Oc1cccc(C(C)C)c1)C(C)C. The van der Waals surface area contributed by atoms with Crippen molar-refractivity contribution in [1.82, 2.24) is 9.88 Å². The van der Waals surface area contributed by atoms with Crippen LogP contribution in [-0.4, -0.2) is 47.2 Å². The first-order valence-electron chi connectivity index (χ1n) is 9.60. The number of rotatable bonds is 8. The number of oxime groups is 1. The smallest absolute Gasteiger partial charge is 0.230 e. The van der Waals surface area contributed by atoms with Gasteiger partial charge in [-0.1, -0.05) is 31.1 Å². The van der Waals surface area contributed by atoms with E-state index in [0.717, 1.165) is 5.69 Å². The van der Waals surface area contributed by atoms with Crippen molar-refractivity contribution in [2.45, 2.75) is 46.6 Å². The fourth-order valence-corrected chi connectivity index (χ4v) is 2.89. The molecule has 0 fully saturated rings. The normalized spacial score (nSPS) is 11.9. The first-order chi connectivity index (χ1) is 13.4. The average Bonchev–Trinajstić information content (AvgIpc) is 2.66. The molecule has 0 unspecified atom stereocenters. The first kappa shape index (κ1) is 21.7. The van der Waals surface area contributed by atoms with Crippen LogP contribution in [0.3, 0.4) is 0 Å². The minimum absolute atomic E-state index is 0.111. The van der Waals surface area contributed by atoms with Crippen molar-refractivity contribution in [2.75, 3.05) is 20.3 Å². The summed E-state index contributed by atoms with van der Waals surface area (Å²) in [5.74, 6) is 1.93. The molecule has 0 aliphatic carbocycles. The van der Waals surface area contributed by atoms with Gasteiger partial charge in [-0.2, -0.15) is 0 Å². The summed E-state index contributed by atoms with van der Waals surface area (Å²) in [5.41, 5.74) is 2.64. The monoisotopic (exact) mass is 385 g/mol. The van der Waals surface area contributed by atoms with Gasteiger partial charge in [-0.05, 0) is 56.5 Å². The van der Waals surface area contributed by atoms with Gasteiger partial charge in [0.05, 0.1) is 12.2 Å². The van der Waals surface area contributed by atoms with E-state index in [9.17, 15) is 5.21 Å². The Labute approximate surface area is 167 Å². The molecule has 0 spiro atoms. The molecule has 2 rings (SSSR count). The molecule has 0 saturated heterocycles. The largest absolute Gasteiger partial charge is 0.438 e. The molecule has 1 aromatic carbocycles. The highest BCUT2D eigenvalue weighted by Gasteiger charge is 2.22. The van der Waals surface area contributed by atoms with Gasteiger partial charge in [0.25, 0.3) is 0 Å². The topological polar surface area (TPSA) is 67.2 Å². The lowest BCUT2D eigenvalue weighted by Gasteiger charge is -2.29. The van der Waals surface area contributed by atoms with Crippen LogP contribution in [0.15, 0.2) is 41.6 Å². The Morgan fingerprint density at radius 2 is 1.93 bits per heavy atom. The highest BCUT2D eigenvalue weighted by atomic mass is 16.5. The van der Waals surface area contributed by atoms with Crippen molar-refractivity contribution in [2.24, 2.45) is 5.16 Å². The van der Waals surface area contributed by atoms with Gasteiger partial charge in [-0.15, -0.1) is 0 Å². The zero-order chi connectivity index (χ0) is 20.7. The van der Waals surface area contributed by atoms with E-state index in [1.54, 1.807) is 7.11 Å². The summed E-state index contributed by atoms with van der Waals surface area (Å²) in [6.07, 6.45) is 0. The zero-order valence-corrected chi connectivity index (χ0v) is 17.6. The van der Waals surface area contributed by atoms with Gasteiger partial charge in [0, 0.05) is 25.4 Å². The Morgan fingerprint density at radius 1 is 1.18 bits per heavy atom. The van der Waals surface area contributed by atoms with Crippen LogP contribution in [0, 0.1) is 6.92 Å². The summed E-state index contributed by atoms with van der Waals surface area (Å²) < 4.78 is 11.3. The Hall–Kier alpha value is -2.60. The standard InChI is InChI=1S/C22H31N3O3/c1-15(2)18-8-7-9-19(14-18)28-22-20(11-10-17(5)23-22)21(24-26)25(16(3)4)12-13-27-6/h7-11,14-16,26H,12-13H2,1-6H3/b24-21-. The predicted octanol–water partition coefficient (Wildman–Crippen LogP) is 4.80. The minimum Gasteiger partial charge on any atom is -0.438 e. The number of hydrogen-bond donors (Lipinski definition) is 1. The van der Waals surface area contributed by atoms with Crippen LogP contribution in [0.1, 0.15) is 50.4 Å². The molecule has 1 heterocycles. The summed E-state index contributed by atoms with van der Waals surface area (Å²) in [6, 6.07) is 11.8. The van der Waals surface area contributed by atoms with Gasteiger partial charge in [0.1, 0.15) is 5.75 Å². The van der Waals surface area contributed by atoms with E-state index >= 15 is 0 Å². The number of hydrogen-bond acceptors (Lipinski definition) is 5. The molecule has 0 bridgehead atoms. The van der Waals surface area contributed by atoms with Crippen molar-refractivity contribution < 1.29 is 14.7 Å². The molecule has 0 atom stereocenters. The zero-order valence-electron chi connectivity index (χ0n) is 17.6. The van der Waals surface area contributed by atoms with Crippen molar-refractivity contribution in [1.29, 1.82) is 0 Å². The lowest BCUT2D eigenvalue weighted by molar-refractivity contribution is 0.164. The van der Waals surface area contributed by atoms with E-state index in [4.69, 9.17) is 9.47 Å². The molecule has 152 valence electrons. The molecule has 0 aliphatic heterocycles. The maximum Gasteiger partial charge on any atom is 0.230 e. The second-order valence-electron chi connectivity index (χ2n) is 7.34. The molecule has 0 saturated carbocycles. The van der Waals surface area contributed by atoms with E-state index in [1.165, 1.54) is 5.56 Å². The third-order valence-electron chi connectivity index (χ3n) is 4.51. The number of aryl methyl sites for hydroxylation is 1. The molecule has 28 heavy (non-hydrogen) atoms. The molecule has 6 heteroatoms. The van der Waals surface area contributed by atoms with Crippen LogP contribution in [0.2, 0.25) is 0 Å². The number of ether oxygens (including phenoxy) is 2. The van der Waals surface area contributed by atoms with E-state index in [1.807, 2.05) is 56.0 Å². The number of nitrogens with zero attached hydrogens (tertiary/aromatic N) is 3. The number of pyridine rings is 1. The Kier molecular flexibility index (Phi) is 7.81. The lowest BCUT2D eigenvalue weighted by Crippen LogP contribution is -2.40. The highest BCUT2D eigenvalue weighted by Crippen LogP contribution is 2.28. The molecule has 1 aromatic heterocycles. The van der Waals surface area contributed by atoms with Gasteiger partial charge in [0.2, 0.25) is 5.88 Å². The van der Waals surface area contributed by atoms with Gasteiger partial charge in [-0.25, -0.2) is 4.98 Å². The number of methoxy groups -OCH3 is 1. The summed E-state index contributed by atoms with van der Waals surface area (Å²) in [5, 5.41) is 13.4. The number of amidine groups is 1. The van der Waals surface area contributed by atoms with Crippen LogP contribution in [-0.2, 0) is 4.74 Å². The average molecular weight is 386 g/mol. The van der Waals surface area contributed by atoms with E-state index < -0.39 is 0 Å². The quantitative estimate of drug-likeness (QED) is 0.306. The lowest BCUT2D eigenvalue weighted by atomic mass is 10.0. The maximum atomic E-state index is 9.80. The Morgan fingerprint density at radius 3 is 2.54 bits per heavy atom. The molecule has 0 aliphatic rings. The Bertz CT molecular complexity index is 803. The summed E-state index contributed by atoms with van der Waals surface area (Å²) >= 11 is 0. The second-order valence-corrected chi connectivity index (χ2v) is 7.34. The van der Waals surface area contributed by atoms with E-state index in [0.29, 0.717) is 42.1 Å². The number of benzene rings is 1. The molecule has 6 nitrogen and oxygen atoms in total. The molecule has 2 aromatic rings. The first-order valence-corrected chi connectivity index (χ1v) is 9.60. The number of aromatic nitrogens is 1. The molecule has 1 N–H and O–H groups in total. The van der Waals surface area contributed by atoms with Crippen LogP contribution in [0.5, 0.6) is 11.6 Å². The molecular weight excluding hydrogens is 354 g/mol.